The van der Waals surface area contributed by atoms with Gasteiger partial charge in [-0.2, -0.15) is 0 Å². The first-order valence-electron chi connectivity index (χ1n) is 6.45. The SMILES string of the molecule is O=C1c2ccccc2C(=O)N1c1ncc2ccccc2n1. The van der Waals surface area contributed by atoms with Crippen molar-refractivity contribution in [2.24, 2.45) is 0 Å². The predicted molar refractivity (Wildman–Crippen MR) is 77.1 cm³/mol. The summed E-state index contributed by atoms with van der Waals surface area (Å²) in [5.41, 5.74) is 1.47. The van der Waals surface area contributed by atoms with E-state index in [1.54, 1.807) is 30.5 Å². The number of carbonyl (C=O) groups is 2. The highest BCUT2D eigenvalue weighted by molar-refractivity contribution is 6.33. The molecule has 0 radical (unpaired) electrons. The maximum absolute atomic E-state index is 12.4. The maximum Gasteiger partial charge on any atom is 0.268 e. The Balaban J connectivity index is 1.86. The van der Waals surface area contributed by atoms with Crippen LogP contribution in [0.4, 0.5) is 5.95 Å². The third-order valence-electron chi connectivity index (χ3n) is 3.47. The molecule has 0 saturated carbocycles. The van der Waals surface area contributed by atoms with Gasteiger partial charge in [0.15, 0.2) is 0 Å². The molecule has 0 saturated heterocycles. The topological polar surface area (TPSA) is 63.2 Å². The first-order chi connectivity index (χ1) is 10.3. The second-order valence-corrected chi connectivity index (χ2v) is 4.72. The van der Waals surface area contributed by atoms with Gasteiger partial charge in [-0.1, -0.05) is 30.3 Å². The normalized spacial score (nSPS) is 13.8. The summed E-state index contributed by atoms with van der Waals surface area (Å²) in [5.74, 6) is -0.656. The maximum atomic E-state index is 12.4. The van der Waals surface area contributed by atoms with Crippen LogP contribution in [0.3, 0.4) is 0 Å². The van der Waals surface area contributed by atoms with Crippen molar-refractivity contribution in [3.8, 4) is 0 Å². The molecule has 0 spiro atoms. The van der Waals surface area contributed by atoms with Crippen LogP contribution in [0.2, 0.25) is 0 Å². The van der Waals surface area contributed by atoms with Crippen molar-refractivity contribution in [3.63, 3.8) is 0 Å². The van der Waals surface area contributed by atoms with Gasteiger partial charge in [-0.05, 0) is 18.2 Å². The first kappa shape index (κ1) is 11.7. The minimum Gasteiger partial charge on any atom is -0.268 e. The molecule has 5 heteroatoms. The Hall–Kier alpha value is -3.08. The second-order valence-electron chi connectivity index (χ2n) is 4.72. The molecule has 2 amide bonds. The number of rotatable bonds is 1. The fraction of sp³-hybridized carbons (Fsp3) is 0. The molecule has 1 aliphatic rings. The molecule has 0 aliphatic carbocycles. The zero-order chi connectivity index (χ0) is 14.4. The number of nitrogens with zero attached hydrogens (tertiary/aromatic N) is 3. The first-order valence-corrected chi connectivity index (χ1v) is 6.45. The summed E-state index contributed by atoms with van der Waals surface area (Å²) in [6.45, 7) is 0. The lowest BCUT2D eigenvalue weighted by molar-refractivity contribution is 0.0924. The lowest BCUT2D eigenvalue weighted by Crippen LogP contribution is -2.31. The number of para-hydroxylation sites is 1. The molecule has 0 fully saturated rings. The molecule has 0 unspecified atom stereocenters. The Morgan fingerprint density at radius 2 is 1.43 bits per heavy atom. The van der Waals surface area contributed by atoms with Crippen molar-refractivity contribution in [1.29, 1.82) is 0 Å². The van der Waals surface area contributed by atoms with Gasteiger partial charge in [-0.25, -0.2) is 14.9 Å². The summed E-state index contributed by atoms with van der Waals surface area (Å²) in [6, 6.07) is 14.2. The van der Waals surface area contributed by atoms with Crippen LogP contribution in [0.15, 0.2) is 54.7 Å². The van der Waals surface area contributed by atoms with E-state index in [4.69, 9.17) is 0 Å². The standard InChI is InChI=1S/C16H9N3O2/c20-14-11-6-2-3-7-12(11)15(21)19(14)16-17-9-10-5-1-4-8-13(10)18-16/h1-9H. The van der Waals surface area contributed by atoms with E-state index in [0.717, 1.165) is 10.3 Å². The lowest BCUT2D eigenvalue weighted by atomic mass is 10.1. The monoisotopic (exact) mass is 275 g/mol. The molecule has 3 aromatic rings. The van der Waals surface area contributed by atoms with Crippen LogP contribution in [-0.4, -0.2) is 21.8 Å². The molecular formula is C16H9N3O2. The minimum absolute atomic E-state index is 0.111. The van der Waals surface area contributed by atoms with E-state index in [1.165, 1.54) is 0 Å². The molecule has 4 rings (SSSR count). The summed E-state index contributed by atoms with van der Waals surface area (Å²) in [4.78, 5) is 34.2. The van der Waals surface area contributed by atoms with E-state index in [0.29, 0.717) is 16.6 Å². The van der Waals surface area contributed by atoms with Crippen molar-refractivity contribution in [3.05, 3.63) is 65.9 Å². The fourth-order valence-electron chi connectivity index (χ4n) is 2.44. The van der Waals surface area contributed by atoms with Gasteiger partial charge in [-0.15, -0.1) is 0 Å². The third-order valence-corrected chi connectivity index (χ3v) is 3.47. The van der Waals surface area contributed by atoms with Crippen LogP contribution < -0.4 is 4.90 Å². The number of anilines is 1. The second kappa shape index (κ2) is 4.21. The van der Waals surface area contributed by atoms with Crippen molar-refractivity contribution in [2.75, 3.05) is 4.90 Å². The van der Waals surface area contributed by atoms with Crippen molar-refractivity contribution in [1.82, 2.24) is 9.97 Å². The van der Waals surface area contributed by atoms with Crippen LogP contribution >= 0.6 is 0 Å². The average molecular weight is 275 g/mol. The number of aromatic nitrogens is 2. The van der Waals surface area contributed by atoms with Crippen LogP contribution in [0, 0.1) is 0 Å². The van der Waals surface area contributed by atoms with E-state index < -0.39 is 0 Å². The largest absolute Gasteiger partial charge is 0.268 e. The smallest absolute Gasteiger partial charge is 0.268 e. The highest BCUT2D eigenvalue weighted by Gasteiger charge is 2.37. The van der Waals surface area contributed by atoms with Crippen LogP contribution in [0.1, 0.15) is 20.7 Å². The Bertz CT molecular complexity index is 870. The third kappa shape index (κ3) is 1.64. The van der Waals surface area contributed by atoms with Crippen LogP contribution in [0.5, 0.6) is 0 Å². The Morgan fingerprint density at radius 1 is 0.810 bits per heavy atom. The van der Waals surface area contributed by atoms with Crippen LogP contribution in [-0.2, 0) is 0 Å². The summed E-state index contributed by atoms with van der Waals surface area (Å²) in [6.07, 6.45) is 1.61. The van der Waals surface area contributed by atoms with Gasteiger partial charge < -0.3 is 0 Å². The minimum atomic E-state index is -0.383. The van der Waals surface area contributed by atoms with Crippen molar-refractivity contribution < 1.29 is 9.59 Å². The molecule has 0 bridgehead atoms. The molecular weight excluding hydrogens is 266 g/mol. The molecule has 0 atom stereocenters. The predicted octanol–water partition coefficient (Wildman–Crippen LogP) is 2.43. The number of benzene rings is 2. The van der Waals surface area contributed by atoms with E-state index in [2.05, 4.69) is 9.97 Å². The van der Waals surface area contributed by atoms with Crippen LogP contribution in [0.25, 0.3) is 10.9 Å². The number of imide groups is 1. The Kier molecular flexibility index (Phi) is 2.35. The van der Waals surface area contributed by atoms with E-state index in [9.17, 15) is 9.59 Å². The van der Waals surface area contributed by atoms with Gasteiger partial charge in [-0.3, -0.25) is 9.59 Å². The molecule has 21 heavy (non-hydrogen) atoms. The summed E-state index contributed by atoms with van der Waals surface area (Å²) in [5, 5.41) is 0.859. The van der Waals surface area contributed by atoms with Crippen molar-refractivity contribution in [2.45, 2.75) is 0 Å². The van der Waals surface area contributed by atoms with E-state index in [-0.39, 0.29) is 17.8 Å². The summed E-state index contributed by atoms with van der Waals surface area (Å²) in [7, 11) is 0. The zero-order valence-corrected chi connectivity index (χ0v) is 10.9. The molecule has 100 valence electrons. The highest BCUT2D eigenvalue weighted by Crippen LogP contribution is 2.26. The van der Waals surface area contributed by atoms with Gasteiger partial charge >= 0.3 is 0 Å². The van der Waals surface area contributed by atoms with Crippen molar-refractivity contribution >= 4 is 28.7 Å². The van der Waals surface area contributed by atoms with Gasteiger partial charge in [0.2, 0.25) is 5.95 Å². The zero-order valence-electron chi connectivity index (χ0n) is 10.9. The number of fused-ring (bicyclic) bond motifs is 2. The highest BCUT2D eigenvalue weighted by atomic mass is 16.2. The molecule has 1 aliphatic heterocycles. The van der Waals surface area contributed by atoms with Gasteiger partial charge in [0.25, 0.3) is 11.8 Å². The Labute approximate surface area is 119 Å². The summed E-state index contributed by atoms with van der Waals surface area (Å²) >= 11 is 0. The lowest BCUT2D eigenvalue weighted by Gasteiger charge is -2.11. The van der Waals surface area contributed by atoms with E-state index >= 15 is 0 Å². The molecule has 5 nitrogen and oxygen atoms in total. The number of hydrogen-bond acceptors (Lipinski definition) is 4. The fourth-order valence-corrected chi connectivity index (χ4v) is 2.44. The molecule has 1 aromatic heterocycles. The average Bonchev–Trinajstić information content (AvgIpc) is 2.79. The van der Waals surface area contributed by atoms with E-state index in [1.807, 2.05) is 24.3 Å². The number of amides is 2. The van der Waals surface area contributed by atoms with Gasteiger partial charge in [0, 0.05) is 11.6 Å². The molecule has 0 N–H and O–H groups in total. The van der Waals surface area contributed by atoms with Gasteiger partial charge in [0.05, 0.1) is 16.6 Å². The summed E-state index contributed by atoms with van der Waals surface area (Å²) < 4.78 is 0. The quantitative estimate of drug-likeness (QED) is 0.640. The molecule has 2 heterocycles. The van der Waals surface area contributed by atoms with Gasteiger partial charge in [0.1, 0.15) is 0 Å². The number of hydrogen-bond donors (Lipinski definition) is 0. The molecule has 2 aromatic carbocycles. The Morgan fingerprint density at radius 3 is 2.14 bits per heavy atom. The number of carbonyl (C=O) groups excluding carboxylic acids is 2.